The molecule has 0 aromatic heterocycles. The molecule has 3 nitrogen and oxygen atoms in total. The predicted molar refractivity (Wildman–Crippen MR) is 57.1 cm³/mol. The Hall–Kier alpha value is -1.61. The second-order valence-electron chi connectivity index (χ2n) is 2.18. The van der Waals surface area contributed by atoms with E-state index in [1.807, 2.05) is 44.2 Å². The third kappa shape index (κ3) is 5.11. The molecule has 14 heavy (non-hydrogen) atoms. The standard InChI is InChI=1S/C9H9NO2.C2H6/c10-12-9(11)7-6-8-4-2-1-3-5-8;1-2/h1-7H,10H2;1-2H3/b7-6+;. The lowest BCUT2D eigenvalue weighted by Gasteiger charge is -1.90. The van der Waals surface area contributed by atoms with E-state index < -0.39 is 5.97 Å². The molecular weight excluding hydrogens is 178 g/mol. The van der Waals surface area contributed by atoms with Crippen molar-refractivity contribution >= 4 is 12.0 Å². The Morgan fingerprint density at radius 1 is 1.29 bits per heavy atom. The first-order chi connectivity index (χ1) is 6.83. The number of nitrogens with two attached hydrogens (primary N) is 1. The lowest BCUT2D eigenvalue weighted by Crippen LogP contribution is -2.05. The predicted octanol–water partition coefficient (Wildman–Crippen LogP) is 2.14. The quantitative estimate of drug-likeness (QED) is 0.578. The number of benzene rings is 1. The maximum Gasteiger partial charge on any atom is 0.349 e. The lowest BCUT2D eigenvalue weighted by atomic mass is 10.2. The van der Waals surface area contributed by atoms with E-state index in [0.717, 1.165) is 5.56 Å². The van der Waals surface area contributed by atoms with E-state index in [-0.39, 0.29) is 0 Å². The smallest absolute Gasteiger partial charge is 0.349 e. The van der Waals surface area contributed by atoms with Crippen LogP contribution < -0.4 is 5.90 Å². The van der Waals surface area contributed by atoms with Gasteiger partial charge < -0.3 is 4.84 Å². The molecule has 1 rings (SSSR count). The molecule has 0 saturated heterocycles. The van der Waals surface area contributed by atoms with E-state index in [1.165, 1.54) is 6.08 Å². The Morgan fingerprint density at radius 2 is 1.86 bits per heavy atom. The van der Waals surface area contributed by atoms with Gasteiger partial charge in [-0.25, -0.2) is 4.79 Å². The zero-order chi connectivity index (χ0) is 10.8. The molecule has 0 amide bonds. The van der Waals surface area contributed by atoms with Crippen molar-refractivity contribution in [2.75, 3.05) is 0 Å². The van der Waals surface area contributed by atoms with Crippen LogP contribution in [0.3, 0.4) is 0 Å². The molecule has 0 atom stereocenters. The summed E-state index contributed by atoms with van der Waals surface area (Å²) in [5, 5.41) is 0. The van der Waals surface area contributed by atoms with E-state index in [4.69, 9.17) is 0 Å². The summed E-state index contributed by atoms with van der Waals surface area (Å²) in [5.41, 5.74) is 0.933. The van der Waals surface area contributed by atoms with E-state index in [2.05, 4.69) is 10.7 Å². The summed E-state index contributed by atoms with van der Waals surface area (Å²) in [6, 6.07) is 9.42. The molecule has 0 aliphatic carbocycles. The van der Waals surface area contributed by atoms with Crippen molar-refractivity contribution in [3.63, 3.8) is 0 Å². The SMILES string of the molecule is CC.NOC(=O)/C=C/c1ccccc1. The summed E-state index contributed by atoms with van der Waals surface area (Å²) in [5.74, 6) is 4.08. The first-order valence-electron chi connectivity index (χ1n) is 4.47. The van der Waals surface area contributed by atoms with Crippen LogP contribution in [-0.4, -0.2) is 5.97 Å². The van der Waals surface area contributed by atoms with Crippen molar-refractivity contribution in [1.29, 1.82) is 0 Å². The fourth-order valence-electron chi connectivity index (χ4n) is 0.768. The average molecular weight is 193 g/mol. The highest BCUT2D eigenvalue weighted by molar-refractivity contribution is 5.86. The summed E-state index contributed by atoms with van der Waals surface area (Å²) in [6.45, 7) is 4.00. The van der Waals surface area contributed by atoms with Crippen molar-refractivity contribution < 1.29 is 9.63 Å². The lowest BCUT2D eigenvalue weighted by molar-refractivity contribution is -0.138. The Labute approximate surface area is 84.1 Å². The van der Waals surface area contributed by atoms with Crippen LogP contribution in [0.4, 0.5) is 0 Å². The molecule has 0 fully saturated rings. The summed E-state index contributed by atoms with van der Waals surface area (Å²) in [6.07, 6.45) is 2.91. The third-order valence-electron chi connectivity index (χ3n) is 1.33. The van der Waals surface area contributed by atoms with Crippen LogP contribution in [0.1, 0.15) is 19.4 Å². The molecule has 1 aromatic rings. The van der Waals surface area contributed by atoms with Gasteiger partial charge in [0.2, 0.25) is 0 Å². The first kappa shape index (κ1) is 12.4. The summed E-state index contributed by atoms with van der Waals surface area (Å²) < 4.78 is 0. The number of rotatable bonds is 2. The number of carbonyl (C=O) groups is 1. The van der Waals surface area contributed by atoms with Gasteiger partial charge in [0.1, 0.15) is 0 Å². The largest absolute Gasteiger partial charge is 0.370 e. The molecule has 3 heteroatoms. The van der Waals surface area contributed by atoms with Crippen molar-refractivity contribution in [2.24, 2.45) is 5.90 Å². The zero-order valence-electron chi connectivity index (χ0n) is 8.44. The molecule has 0 unspecified atom stereocenters. The van der Waals surface area contributed by atoms with Gasteiger partial charge in [-0.05, 0) is 11.6 Å². The van der Waals surface area contributed by atoms with Crippen LogP contribution in [0.5, 0.6) is 0 Å². The second kappa shape index (κ2) is 8.01. The monoisotopic (exact) mass is 193 g/mol. The minimum atomic E-state index is -0.557. The first-order valence-corrected chi connectivity index (χ1v) is 4.47. The minimum Gasteiger partial charge on any atom is -0.370 e. The number of hydrogen-bond acceptors (Lipinski definition) is 3. The van der Waals surface area contributed by atoms with Gasteiger partial charge in [0.25, 0.3) is 0 Å². The molecule has 0 radical (unpaired) electrons. The van der Waals surface area contributed by atoms with Crippen LogP contribution in [0.2, 0.25) is 0 Å². The normalized spacial score (nSPS) is 9.07. The van der Waals surface area contributed by atoms with E-state index in [0.29, 0.717) is 0 Å². The summed E-state index contributed by atoms with van der Waals surface area (Å²) in [7, 11) is 0. The Morgan fingerprint density at radius 3 is 2.36 bits per heavy atom. The van der Waals surface area contributed by atoms with Gasteiger partial charge in [-0.2, -0.15) is 5.90 Å². The van der Waals surface area contributed by atoms with Gasteiger partial charge in [0.05, 0.1) is 0 Å². The van der Waals surface area contributed by atoms with Crippen molar-refractivity contribution in [2.45, 2.75) is 13.8 Å². The molecule has 1 aromatic carbocycles. The number of carbonyl (C=O) groups excluding carboxylic acids is 1. The molecule has 0 bridgehead atoms. The molecule has 0 aliphatic heterocycles. The fraction of sp³-hybridized carbons (Fsp3) is 0.182. The molecule has 0 spiro atoms. The van der Waals surface area contributed by atoms with E-state index >= 15 is 0 Å². The fourth-order valence-corrected chi connectivity index (χ4v) is 0.768. The van der Waals surface area contributed by atoms with E-state index in [1.54, 1.807) is 6.08 Å². The van der Waals surface area contributed by atoms with Crippen LogP contribution in [0.15, 0.2) is 36.4 Å². The second-order valence-corrected chi connectivity index (χ2v) is 2.18. The minimum absolute atomic E-state index is 0.557. The molecule has 2 N–H and O–H groups in total. The molecule has 0 saturated carbocycles. The topological polar surface area (TPSA) is 52.3 Å². The van der Waals surface area contributed by atoms with Crippen LogP contribution in [0.25, 0.3) is 6.08 Å². The molecule has 0 heterocycles. The molecule has 76 valence electrons. The van der Waals surface area contributed by atoms with Crippen LogP contribution >= 0.6 is 0 Å². The van der Waals surface area contributed by atoms with E-state index in [9.17, 15) is 4.79 Å². The maximum atomic E-state index is 10.6. The van der Waals surface area contributed by atoms with Gasteiger partial charge in [0, 0.05) is 6.08 Å². The third-order valence-corrected chi connectivity index (χ3v) is 1.33. The van der Waals surface area contributed by atoms with Gasteiger partial charge >= 0.3 is 5.97 Å². The van der Waals surface area contributed by atoms with Crippen LogP contribution in [-0.2, 0) is 9.63 Å². The average Bonchev–Trinajstić information content (AvgIpc) is 2.30. The highest BCUT2D eigenvalue weighted by Gasteiger charge is 1.90. The zero-order valence-corrected chi connectivity index (χ0v) is 8.44. The van der Waals surface area contributed by atoms with Crippen molar-refractivity contribution in [3.8, 4) is 0 Å². The summed E-state index contributed by atoms with van der Waals surface area (Å²) in [4.78, 5) is 14.5. The van der Waals surface area contributed by atoms with Crippen LogP contribution in [0, 0.1) is 0 Å². The van der Waals surface area contributed by atoms with Crippen molar-refractivity contribution in [1.82, 2.24) is 0 Å². The number of hydrogen-bond donors (Lipinski definition) is 1. The Balaban J connectivity index is 0.000000791. The van der Waals surface area contributed by atoms with Gasteiger partial charge in [-0.1, -0.05) is 44.2 Å². The molecule has 0 aliphatic rings. The van der Waals surface area contributed by atoms with Gasteiger partial charge in [0.15, 0.2) is 0 Å². The highest BCUT2D eigenvalue weighted by Crippen LogP contribution is 2.00. The van der Waals surface area contributed by atoms with Gasteiger partial charge in [-0.15, -0.1) is 0 Å². The summed E-state index contributed by atoms with van der Waals surface area (Å²) >= 11 is 0. The maximum absolute atomic E-state index is 10.6. The Bertz CT molecular complexity index is 281. The Kier molecular flexibility index (Phi) is 7.09. The van der Waals surface area contributed by atoms with Gasteiger partial charge in [-0.3, -0.25) is 0 Å². The molecular formula is C11H15NO2. The van der Waals surface area contributed by atoms with Crippen molar-refractivity contribution in [3.05, 3.63) is 42.0 Å². The highest BCUT2D eigenvalue weighted by atomic mass is 16.7.